The largest absolute Gasteiger partial charge is 0.493 e. The molecular formula is C22H29N5O2. The van der Waals surface area contributed by atoms with Gasteiger partial charge >= 0.3 is 0 Å². The second kappa shape index (κ2) is 10.6. The average molecular weight is 396 g/mol. The van der Waals surface area contributed by atoms with E-state index in [0.29, 0.717) is 35.5 Å². The van der Waals surface area contributed by atoms with Crippen LogP contribution in [-0.2, 0) is 6.54 Å². The van der Waals surface area contributed by atoms with Crippen molar-refractivity contribution in [1.29, 1.82) is 5.26 Å². The fourth-order valence-corrected chi connectivity index (χ4v) is 3.52. The molecule has 1 unspecified atom stereocenters. The van der Waals surface area contributed by atoms with Crippen molar-refractivity contribution in [2.45, 2.75) is 32.7 Å². The number of rotatable bonds is 9. The molecule has 1 aromatic heterocycles. The fraction of sp³-hybridized carbons (Fsp3) is 0.500. The molecule has 0 amide bonds. The summed E-state index contributed by atoms with van der Waals surface area (Å²) in [7, 11) is 1.59. The normalized spacial score (nSPS) is 16.8. The van der Waals surface area contributed by atoms with Crippen LogP contribution in [0, 0.1) is 17.2 Å². The summed E-state index contributed by atoms with van der Waals surface area (Å²) in [5.41, 5.74) is 1.69. The molecule has 154 valence electrons. The molecule has 3 rings (SSSR count). The first-order valence-corrected chi connectivity index (χ1v) is 10.2. The van der Waals surface area contributed by atoms with Gasteiger partial charge in [0.1, 0.15) is 0 Å². The van der Waals surface area contributed by atoms with E-state index < -0.39 is 0 Å². The average Bonchev–Trinajstić information content (AvgIpc) is 2.77. The lowest BCUT2D eigenvalue weighted by atomic mass is 9.98. The highest BCUT2D eigenvalue weighted by Crippen LogP contribution is 2.29. The van der Waals surface area contributed by atoms with Gasteiger partial charge < -0.3 is 14.8 Å². The van der Waals surface area contributed by atoms with Crippen LogP contribution in [-0.4, -0.2) is 48.2 Å². The van der Waals surface area contributed by atoms with Crippen molar-refractivity contribution < 1.29 is 9.47 Å². The summed E-state index contributed by atoms with van der Waals surface area (Å²) in [5.74, 6) is 2.44. The van der Waals surface area contributed by atoms with E-state index in [1.54, 1.807) is 19.2 Å². The van der Waals surface area contributed by atoms with Gasteiger partial charge in [0.25, 0.3) is 0 Å². The van der Waals surface area contributed by atoms with Crippen LogP contribution in [0.25, 0.3) is 0 Å². The molecule has 29 heavy (non-hydrogen) atoms. The molecule has 1 atom stereocenters. The van der Waals surface area contributed by atoms with Crippen molar-refractivity contribution in [3.05, 3.63) is 41.7 Å². The van der Waals surface area contributed by atoms with E-state index in [1.165, 1.54) is 0 Å². The van der Waals surface area contributed by atoms with Gasteiger partial charge in [-0.1, -0.05) is 6.92 Å². The predicted octanol–water partition coefficient (Wildman–Crippen LogP) is 3.47. The summed E-state index contributed by atoms with van der Waals surface area (Å²) in [6, 6.07) is 7.39. The summed E-state index contributed by atoms with van der Waals surface area (Å²) in [6.45, 7) is 6.55. The van der Waals surface area contributed by atoms with Crippen LogP contribution in [0.4, 0.5) is 5.95 Å². The number of piperidine rings is 1. The Labute approximate surface area is 172 Å². The molecular weight excluding hydrogens is 366 g/mol. The van der Waals surface area contributed by atoms with Crippen molar-refractivity contribution in [3.63, 3.8) is 0 Å². The molecule has 7 heteroatoms. The van der Waals surface area contributed by atoms with Crippen molar-refractivity contribution in [1.82, 2.24) is 14.9 Å². The minimum atomic E-state index is 0.454. The number of benzene rings is 1. The third-order valence-electron chi connectivity index (χ3n) is 5.01. The monoisotopic (exact) mass is 395 g/mol. The SMILES string of the molecule is CCCNc1ncc(CN2CCCC(COc3ccc(C#N)cc3OC)C2)cn1. The molecule has 1 aliphatic rings. The van der Waals surface area contributed by atoms with Crippen LogP contribution in [0.3, 0.4) is 0 Å². The first-order chi connectivity index (χ1) is 14.2. The summed E-state index contributed by atoms with van der Waals surface area (Å²) >= 11 is 0. The molecule has 1 saturated heterocycles. The second-order valence-corrected chi connectivity index (χ2v) is 7.37. The van der Waals surface area contributed by atoms with Gasteiger partial charge in [0.2, 0.25) is 5.95 Å². The summed E-state index contributed by atoms with van der Waals surface area (Å²) in [4.78, 5) is 11.2. The maximum absolute atomic E-state index is 9.02. The van der Waals surface area contributed by atoms with Gasteiger partial charge in [0, 0.05) is 49.6 Å². The zero-order valence-electron chi connectivity index (χ0n) is 17.2. The second-order valence-electron chi connectivity index (χ2n) is 7.37. The zero-order chi connectivity index (χ0) is 20.5. The van der Waals surface area contributed by atoms with Gasteiger partial charge in [0.15, 0.2) is 11.5 Å². The van der Waals surface area contributed by atoms with Gasteiger partial charge in [-0.25, -0.2) is 9.97 Å². The smallest absolute Gasteiger partial charge is 0.222 e. The Hall–Kier alpha value is -2.85. The molecule has 7 nitrogen and oxygen atoms in total. The molecule has 1 aromatic carbocycles. The van der Waals surface area contributed by atoms with E-state index in [1.807, 2.05) is 18.5 Å². The molecule has 0 aliphatic carbocycles. The number of hydrogen-bond donors (Lipinski definition) is 1. The van der Waals surface area contributed by atoms with Crippen LogP contribution in [0.15, 0.2) is 30.6 Å². The van der Waals surface area contributed by atoms with Crippen LogP contribution in [0.2, 0.25) is 0 Å². The van der Waals surface area contributed by atoms with Crippen LogP contribution < -0.4 is 14.8 Å². The number of anilines is 1. The van der Waals surface area contributed by atoms with Crippen molar-refractivity contribution in [3.8, 4) is 17.6 Å². The van der Waals surface area contributed by atoms with Gasteiger partial charge in [-0.3, -0.25) is 4.90 Å². The minimum Gasteiger partial charge on any atom is -0.493 e. The van der Waals surface area contributed by atoms with Gasteiger partial charge in [-0.2, -0.15) is 5.26 Å². The lowest BCUT2D eigenvalue weighted by Crippen LogP contribution is -2.37. The number of aromatic nitrogens is 2. The van der Waals surface area contributed by atoms with E-state index in [4.69, 9.17) is 14.7 Å². The number of hydrogen-bond acceptors (Lipinski definition) is 7. The topological polar surface area (TPSA) is 83.3 Å². The highest BCUT2D eigenvalue weighted by molar-refractivity contribution is 5.46. The molecule has 0 saturated carbocycles. The number of methoxy groups -OCH3 is 1. The van der Waals surface area contributed by atoms with E-state index in [9.17, 15) is 0 Å². The third-order valence-corrected chi connectivity index (χ3v) is 5.01. The van der Waals surface area contributed by atoms with Crippen LogP contribution >= 0.6 is 0 Å². The number of nitrogens with one attached hydrogen (secondary N) is 1. The molecule has 1 fully saturated rings. The molecule has 1 N–H and O–H groups in total. The van der Waals surface area contributed by atoms with Crippen molar-refractivity contribution >= 4 is 5.95 Å². The maximum Gasteiger partial charge on any atom is 0.222 e. The number of likely N-dealkylation sites (tertiary alicyclic amines) is 1. The minimum absolute atomic E-state index is 0.454. The first-order valence-electron chi connectivity index (χ1n) is 10.2. The number of ether oxygens (including phenoxy) is 2. The molecule has 1 aliphatic heterocycles. The lowest BCUT2D eigenvalue weighted by Gasteiger charge is -2.32. The Bertz CT molecular complexity index is 819. The van der Waals surface area contributed by atoms with Crippen LogP contribution in [0.1, 0.15) is 37.3 Å². The Kier molecular flexibility index (Phi) is 7.65. The van der Waals surface area contributed by atoms with Crippen LogP contribution in [0.5, 0.6) is 11.5 Å². The quantitative estimate of drug-likeness (QED) is 0.696. The van der Waals surface area contributed by atoms with Gasteiger partial charge in [-0.15, -0.1) is 0 Å². The molecule has 2 aromatic rings. The first kappa shape index (κ1) is 20.9. The highest BCUT2D eigenvalue weighted by Gasteiger charge is 2.21. The highest BCUT2D eigenvalue weighted by atomic mass is 16.5. The summed E-state index contributed by atoms with van der Waals surface area (Å²) < 4.78 is 11.4. The van der Waals surface area contributed by atoms with E-state index in [2.05, 4.69) is 33.2 Å². The van der Waals surface area contributed by atoms with E-state index in [0.717, 1.165) is 51.0 Å². The number of nitrogens with zero attached hydrogens (tertiary/aromatic N) is 4. The maximum atomic E-state index is 9.02. The van der Waals surface area contributed by atoms with Gasteiger partial charge in [0.05, 0.1) is 25.3 Å². The summed E-state index contributed by atoms with van der Waals surface area (Å²) in [6.07, 6.45) is 7.16. The zero-order valence-corrected chi connectivity index (χ0v) is 17.2. The van der Waals surface area contributed by atoms with Crippen molar-refractivity contribution in [2.24, 2.45) is 5.92 Å². The Balaban J connectivity index is 1.51. The predicted molar refractivity (Wildman–Crippen MR) is 112 cm³/mol. The molecule has 2 heterocycles. The summed E-state index contributed by atoms with van der Waals surface area (Å²) in [5, 5.41) is 12.2. The van der Waals surface area contributed by atoms with E-state index in [-0.39, 0.29) is 0 Å². The number of nitriles is 1. The lowest BCUT2D eigenvalue weighted by molar-refractivity contribution is 0.123. The van der Waals surface area contributed by atoms with Gasteiger partial charge in [-0.05, 0) is 37.9 Å². The fourth-order valence-electron chi connectivity index (χ4n) is 3.52. The Morgan fingerprint density at radius 3 is 2.83 bits per heavy atom. The molecule has 0 radical (unpaired) electrons. The van der Waals surface area contributed by atoms with Crippen molar-refractivity contribution in [2.75, 3.05) is 38.7 Å². The molecule has 0 spiro atoms. The Morgan fingerprint density at radius 2 is 2.10 bits per heavy atom. The van der Waals surface area contributed by atoms with E-state index >= 15 is 0 Å². The third kappa shape index (κ3) is 6.06. The Morgan fingerprint density at radius 1 is 1.28 bits per heavy atom. The molecule has 0 bridgehead atoms. The standard InChI is InChI=1S/C22H29N5O2/c1-3-8-24-22-25-12-19(13-26-22)15-27-9-4-5-18(14-27)16-29-20-7-6-17(11-23)10-21(20)28-2/h6-7,10,12-13,18H,3-5,8-9,14-16H2,1-2H3,(H,24,25,26).